The van der Waals surface area contributed by atoms with Crippen molar-refractivity contribution >= 4 is 27.5 Å². The van der Waals surface area contributed by atoms with E-state index in [0.29, 0.717) is 17.9 Å². The number of benzene rings is 2. The zero-order valence-electron chi connectivity index (χ0n) is 15.9. The smallest absolute Gasteiger partial charge is 0.253 e. The summed E-state index contributed by atoms with van der Waals surface area (Å²) in [5.74, 6) is 1.06. The number of hydrogen-bond acceptors (Lipinski definition) is 2. The molecule has 0 radical (unpaired) electrons. The van der Waals surface area contributed by atoms with Crippen LogP contribution in [0.2, 0.25) is 0 Å². The Kier molecular flexibility index (Phi) is 4.75. The summed E-state index contributed by atoms with van der Waals surface area (Å²) in [7, 11) is 0. The number of fused-ring (bicyclic) bond motifs is 3. The highest BCUT2D eigenvalue weighted by Gasteiger charge is 2.38. The third-order valence-electron chi connectivity index (χ3n) is 6.48. The highest BCUT2D eigenvalue weighted by atomic mass is 79.9. The van der Waals surface area contributed by atoms with Crippen molar-refractivity contribution in [1.29, 1.82) is 0 Å². The average molecular weight is 437 g/mol. The zero-order chi connectivity index (χ0) is 19.1. The Balaban J connectivity index is 1.47. The maximum atomic E-state index is 13.0. The molecule has 2 aromatic rings. The van der Waals surface area contributed by atoms with Crippen molar-refractivity contribution in [1.82, 2.24) is 4.90 Å². The largest absolute Gasteiger partial charge is 0.378 e. The van der Waals surface area contributed by atoms with Gasteiger partial charge in [-0.3, -0.25) is 4.79 Å². The molecule has 3 atom stereocenters. The predicted octanol–water partition coefficient (Wildman–Crippen LogP) is 5.90. The average Bonchev–Trinajstić information content (AvgIpc) is 3.24. The van der Waals surface area contributed by atoms with Crippen molar-refractivity contribution in [2.45, 2.75) is 37.6 Å². The van der Waals surface area contributed by atoms with Crippen molar-refractivity contribution in [3.63, 3.8) is 0 Å². The van der Waals surface area contributed by atoms with Gasteiger partial charge in [0.1, 0.15) is 0 Å². The first-order chi connectivity index (χ1) is 13.7. The Hall–Kier alpha value is -2.07. The lowest BCUT2D eigenvalue weighted by Gasteiger charge is -2.38. The number of amides is 1. The first-order valence-electron chi connectivity index (χ1n) is 10.3. The van der Waals surface area contributed by atoms with Crippen LogP contribution in [0.1, 0.15) is 59.1 Å². The number of piperidine rings is 1. The van der Waals surface area contributed by atoms with Gasteiger partial charge in [0.2, 0.25) is 0 Å². The molecule has 3 nitrogen and oxygen atoms in total. The predicted molar refractivity (Wildman–Crippen MR) is 117 cm³/mol. The van der Waals surface area contributed by atoms with Crippen LogP contribution in [0.4, 0.5) is 5.69 Å². The van der Waals surface area contributed by atoms with Crippen LogP contribution in [-0.4, -0.2) is 23.9 Å². The van der Waals surface area contributed by atoms with Crippen molar-refractivity contribution in [2.24, 2.45) is 5.92 Å². The van der Waals surface area contributed by atoms with E-state index in [1.807, 2.05) is 11.0 Å². The molecule has 1 fully saturated rings. The maximum absolute atomic E-state index is 13.0. The second kappa shape index (κ2) is 7.40. The van der Waals surface area contributed by atoms with Gasteiger partial charge in [0, 0.05) is 34.7 Å². The topological polar surface area (TPSA) is 32.3 Å². The fourth-order valence-corrected chi connectivity index (χ4v) is 5.27. The minimum absolute atomic E-state index is 0.191. The summed E-state index contributed by atoms with van der Waals surface area (Å²) < 4.78 is 1.11. The summed E-state index contributed by atoms with van der Waals surface area (Å²) in [6, 6.07) is 15.2. The maximum Gasteiger partial charge on any atom is 0.253 e. The minimum Gasteiger partial charge on any atom is -0.378 e. The van der Waals surface area contributed by atoms with E-state index in [1.54, 1.807) is 0 Å². The number of allylic oxidation sites excluding steroid dienone is 2. The van der Waals surface area contributed by atoms with E-state index < -0.39 is 0 Å². The van der Waals surface area contributed by atoms with E-state index in [1.165, 1.54) is 17.5 Å². The van der Waals surface area contributed by atoms with Crippen molar-refractivity contribution in [3.05, 3.63) is 75.8 Å². The Morgan fingerprint density at radius 1 is 1.04 bits per heavy atom. The molecule has 0 saturated carbocycles. The first kappa shape index (κ1) is 18.0. The Labute approximate surface area is 174 Å². The Morgan fingerprint density at radius 2 is 1.82 bits per heavy atom. The van der Waals surface area contributed by atoms with Crippen molar-refractivity contribution in [2.75, 3.05) is 18.4 Å². The monoisotopic (exact) mass is 436 g/mol. The summed E-state index contributed by atoms with van der Waals surface area (Å²) in [5, 5.41) is 3.77. The van der Waals surface area contributed by atoms with E-state index in [4.69, 9.17) is 0 Å². The van der Waals surface area contributed by atoms with Gasteiger partial charge in [0.25, 0.3) is 5.91 Å². The summed E-state index contributed by atoms with van der Waals surface area (Å²) in [6.07, 6.45) is 9.20. The van der Waals surface area contributed by atoms with Crippen LogP contribution >= 0.6 is 15.9 Å². The number of carbonyl (C=O) groups excluding carboxylic acids is 1. The molecule has 0 aromatic heterocycles. The fraction of sp³-hybridized carbons (Fsp3) is 0.375. The number of likely N-dealkylation sites (tertiary alicyclic amines) is 1. The van der Waals surface area contributed by atoms with E-state index in [-0.39, 0.29) is 5.91 Å². The molecule has 1 N–H and O–H groups in total. The van der Waals surface area contributed by atoms with Gasteiger partial charge in [-0.05, 0) is 73.1 Å². The number of halogens is 1. The van der Waals surface area contributed by atoms with Crippen LogP contribution in [0.5, 0.6) is 0 Å². The van der Waals surface area contributed by atoms with Gasteiger partial charge in [-0.2, -0.15) is 0 Å². The lowest BCUT2D eigenvalue weighted by atomic mass is 9.76. The molecule has 3 aliphatic rings. The molecule has 1 saturated heterocycles. The number of carbonyl (C=O) groups is 1. The molecular weight excluding hydrogens is 412 g/mol. The molecule has 2 aliphatic heterocycles. The fourth-order valence-electron chi connectivity index (χ4n) is 5.01. The lowest BCUT2D eigenvalue weighted by molar-refractivity contribution is 0.0724. The van der Waals surface area contributed by atoms with E-state index in [9.17, 15) is 4.79 Å². The van der Waals surface area contributed by atoms with Crippen molar-refractivity contribution in [3.8, 4) is 0 Å². The standard InChI is InChI=1S/C24H25BrN2O/c25-18-10-7-16(8-11-18)23-20-6-4-5-19(20)21-15-17(9-12-22(21)26-23)24(28)27-13-2-1-3-14-27/h4-5,7-12,15,19-20,23,26H,1-3,6,13-14H2/t19-,20-,23-/m1/s1. The zero-order valence-corrected chi connectivity index (χ0v) is 17.5. The second-order valence-corrected chi connectivity index (χ2v) is 9.10. The molecule has 0 bridgehead atoms. The molecule has 2 heterocycles. The summed E-state index contributed by atoms with van der Waals surface area (Å²) in [6.45, 7) is 1.79. The van der Waals surface area contributed by atoms with Gasteiger partial charge >= 0.3 is 0 Å². The third kappa shape index (κ3) is 3.18. The van der Waals surface area contributed by atoms with Gasteiger partial charge in [-0.15, -0.1) is 0 Å². The quantitative estimate of drug-likeness (QED) is 0.594. The highest BCUT2D eigenvalue weighted by molar-refractivity contribution is 9.10. The molecule has 1 aliphatic carbocycles. The highest BCUT2D eigenvalue weighted by Crippen LogP contribution is 2.50. The molecule has 1 amide bonds. The van der Waals surface area contributed by atoms with E-state index in [2.05, 4.69) is 69.8 Å². The Morgan fingerprint density at radius 3 is 2.61 bits per heavy atom. The number of nitrogens with one attached hydrogen (secondary N) is 1. The van der Waals surface area contributed by atoms with Crippen molar-refractivity contribution < 1.29 is 4.79 Å². The number of rotatable bonds is 2. The molecule has 28 heavy (non-hydrogen) atoms. The van der Waals surface area contributed by atoms with Crippen LogP contribution < -0.4 is 5.32 Å². The summed E-state index contributed by atoms with van der Waals surface area (Å²) >= 11 is 3.54. The van der Waals surface area contributed by atoms with Gasteiger partial charge < -0.3 is 10.2 Å². The summed E-state index contributed by atoms with van der Waals surface area (Å²) in [5.41, 5.74) is 4.59. The SMILES string of the molecule is O=C(c1ccc2c(c1)[C@@H]1C=CC[C@H]1[C@@H](c1ccc(Br)cc1)N2)N1CCCCC1. The van der Waals surface area contributed by atoms with Crippen LogP contribution in [0.15, 0.2) is 59.1 Å². The van der Waals surface area contributed by atoms with Crippen LogP contribution in [0, 0.1) is 5.92 Å². The molecule has 2 aromatic carbocycles. The molecular formula is C24H25BrN2O. The normalized spacial score (nSPS) is 25.8. The Bertz CT molecular complexity index is 915. The molecule has 144 valence electrons. The molecule has 5 rings (SSSR count). The molecule has 0 spiro atoms. The third-order valence-corrected chi connectivity index (χ3v) is 7.01. The lowest BCUT2D eigenvalue weighted by Crippen LogP contribution is -2.36. The van der Waals surface area contributed by atoms with Crippen LogP contribution in [-0.2, 0) is 0 Å². The van der Waals surface area contributed by atoms with E-state index >= 15 is 0 Å². The molecule has 0 unspecified atom stereocenters. The molecule has 4 heteroatoms. The van der Waals surface area contributed by atoms with Gasteiger partial charge in [0.05, 0.1) is 6.04 Å². The first-order valence-corrected chi connectivity index (χ1v) is 11.1. The van der Waals surface area contributed by atoms with Gasteiger partial charge in [-0.25, -0.2) is 0 Å². The van der Waals surface area contributed by atoms with Gasteiger partial charge in [-0.1, -0.05) is 40.2 Å². The van der Waals surface area contributed by atoms with E-state index in [0.717, 1.165) is 48.1 Å². The second-order valence-electron chi connectivity index (χ2n) is 8.18. The number of anilines is 1. The number of nitrogens with zero attached hydrogens (tertiary/aromatic N) is 1. The van der Waals surface area contributed by atoms with Crippen LogP contribution in [0.25, 0.3) is 0 Å². The van der Waals surface area contributed by atoms with Gasteiger partial charge in [0.15, 0.2) is 0 Å². The minimum atomic E-state index is 0.191. The number of hydrogen-bond donors (Lipinski definition) is 1. The summed E-state index contributed by atoms with van der Waals surface area (Å²) in [4.78, 5) is 15.0. The van der Waals surface area contributed by atoms with Crippen LogP contribution in [0.3, 0.4) is 0 Å².